The van der Waals surface area contributed by atoms with Crippen molar-refractivity contribution in [2.45, 2.75) is 13.3 Å². The Balaban J connectivity index is 1.62. The van der Waals surface area contributed by atoms with Crippen LogP contribution in [0.1, 0.15) is 22.3 Å². The van der Waals surface area contributed by atoms with E-state index in [1.165, 1.54) is 23.1 Å². The van der Waals surface area contributed by atoms with Gasteiger partial charge in [-0.15, -0.1) is 0 Å². The van der Waals surface area contributed by atoms with Crippen LogP contribution in [0, 0.1) is 12.7 Å². The highest BCUT2D eigenvalue weighted by Crippen LogP contribution is 2.22. The summed E-state index contributed by atoms with van der Waals surface area (Å²) in [7, 11) is 0. The van der Waals surface area contributed by atoms with Crippen molar-refractivity contribution in [1.29, 1.82) is 0 Å². The van der Waals surface area contributed by atoms with Crippen LogP contribution >= 0.6 is 23.2 Å². The Morgan fingerprint density at radius 2 is 1.62 bits per heavy atom. The average molecular weight is 474 g/mol. The minimum atomic E-state index is -0.387. The fraction of sp³-hybridized carbons (Fsp3) is 0.167. The van der Waals surface area contributed by atoms with E-state index in [1.807, 2.05) is 31.2 Å². The molecule has 0 bridgehead atoms. The lowest BCUT2D eigenvalue weighted by atomic mass is 10.2. The standard InChI is InChI=1S/C24H22Cl2FN3O2/c1-16-3-8-19(9-4-16)29-24(32)30(20-10-6-18(27)7-11-20)14-2-13-28-23(31)17-5-12-21(25)22(26)15-17/h3-12,15H,2,13-14H2,1H3,(H,28,31)(H,29,32). The Labute approximate surface area is 196 Å². The van der Waals surface area contributed by atoms with Gasteiger partial charge in [-0.3, -0.25) is 9.69 Å². The SMILES string of the molecule is Cc1ccc(NC(=O)N(CCCNC(=O)c2ccc(Cl)c(Cl)c2)c2ccc(F)cc2)cc1. The van der Waals surface area contributed by atoms with Gasteiger partial charge in [0.1, 0.15) is 5.82 Å². The highest BCUT2D eigenvalue weighted by Gasteiger charge is 2.16. The third-order valence-corrected chi connectivity index (χ3v) is 5.45. The Hall–Kier alpha value is -3.09. The van der Waals surface area contributed by atoms with Crippen molar-refractivity contribution in [1.82, 2.24) is 5.32 Å². The second-order valence-electron chi connectivity index (χ2n) is 7.16. The van der Waals surface area contributed by atoms with E-state index < -0.39 is 0 Å². The topological polar surface area (TPSA) is 61.4 Å². The molecule has 0 aliphatic heterocycles. The van der Waals surface area contributed by atoms with E-state index in [2.05, 4.69) is 10.6 Å². The number of aryl methyl sites for hydroxylation is 1. The number of carbonyl (C=O) groups excluding carboxylic acids is 2. The van der Waals surface area contributed by atoms with Gasteiger partial charge in [-0.05, 0) is 67.9 Å². The summed E-state index contributed by atoms with van der Waals surface area (Å²) in [4.78, 5) is 26.7. The molecule has 3 amide bonds. The van der Waals surface area contributed by atoms with Crippen LogP contribution in [0.25, 0.3) is 0 Å². The number of nitrogens with zero attached hydrogens (tertiary/aromatic N) is 1. The molecule has 0 aliphatic rings. The van der Waals surface area contributed by atoms with Gasteiger partial charge < -0.3 is 10.6 Å². The predicted molar refractivity (Wildman–Crippen MR) is 127 cm³/mol. The quantitative estimate of drug-likeness (QED) is 0.395. The summed E-state index contributed by atoms with van der Waals surface area (Å²) >= 11 is 11.8. The molecule has 8 heteroatoms. The molecule has 0 fully saturated rings. The largest absolute Gasteiger partial charge is 0.352 e. The number of carbonyl (C=O) groups is 2. The molecule has 0 atom stereocenters. The Morgan fingerprint density at radius 1 is 0.938 bits per heavy atom. The lowest BCUT2D eigenvalue weighted by molar-refractivity contribution is 0.0953. The highest BCUT2D eigenvalue weighted by molar-refractivity contribution is 6.42. The van der Waals surface area contributed by atoms with Crippen molar-refractivity contribution in [2.24, 2.45) is 0 Å². The van der Waals surface area contributed by atoms with Crippen molar-refractivity contribution in [2.75, 3.05) is 23.3 Å². The number of rotatable bonds is 7. The molecular formula is C24H22Cl2FN3O2. The summed E-state index contributed by atoms with van der Waals surface area (Å²) in [6.45, 7) is 2.60. The monoisotopic (exact) mass is 473 g/mol. The smallest absolute Gasteiger partial charge is 0.326 e. The van der Waals surface area contributed by atoms with Crippen molar-refractivity contribution in [3.63, 3.8) is 0 Å². The summed E-state index contributed by atoms with van der Waals surface area (Å²) < 4.78 is 13.4. The third kappa shape index (κ3) is 6.45. The number of nitrogens with one attached hydrogen (secondary N) is 2. The maximum absolute atomic E-state index is 13.4. The molecule has 32 heavy (non-hydrogen) atoms. The molecule has 0 spiro atoms. The lowest BCUT2D eigenvalue weighted by Crippen LogP contribution is -2.37. The van der Waals surface area contributed by atoms with Crippen LogP contribution in [0.5, 0.6) is 0 Å². The first-order valence-corrected chi connectivity index (χ1v) is 10.7. The van der Waals surface area contributed by atoms with E-state index in [0.29, 0.717) is 46.5 Å². The van der Waals surface area contributed by atoms with Gasteiger partial charge in [-0.2, -0.15) is 0 Å². The Morgan fingerprint density at radius 3 is 2.28 bits per heavy atom. The highest BCUT2D eigenvalue weighted by atomic mass is 35.5. The van der Waals surface area contributed by atoms with Crippen LogP contribution in [0.3, 0.4) is 0 Å². The first-order valence-electron chi connectivity index (χ1n) is 9.97. The van der Waals surface area contributed by atoms with Crippen molar-refractivity contribution in [3.05, 3.63) is 93.7 Å². The zero-order valence-electron chi connectivity index (χ0n) is 17.4. The molecular weight excluding hydrogens is 452 g/mol. The first kappa shape index (κ1) is 23.6. The molecule has 2 N–H and O–H groups in total. The second-order valence-corrected chi connectivity index (χ2v) is 7.98. The van der Waals surface area contributed by atoms with Crippen molar-refractivity contribution >= 4 is 46.5 Å². The number of anilines is 2. The lowest BCUT2D eigenvalue weighted by Gasteiger charge is -2.23. The van der Waals surface area contributed by atoms with Crippen molar-refractivity contribution in [3.8, 4) is 0 Å². The van der Waals surface area contributed by atoms with E-state index in [0.717, 1.165) is 5.56 Å². The van der Waals surface area contributed by atoms with Gasteiger partial charge in [0, 0.05) is 30.0 Å². The zero-order chi connectivity index (χ0) is 23.1. The molecule has 0 aliphatic carbocycles. The Bertz CT molecular complexity index is 1090. The van der Waals surface area contributed by atoms with Crippen LogP contribution < -0.4 is 15.5 Å². The molecule has 0 unspecified atom stereocenters. The van der Waals surface area contributed by atoms with Crippen LogP contribution in [-0.2, 0) is 0 Å². The normalized spacial score (nSPS) is 10.5. The summed E-state index contributed by atoms with van der Waals surface area (Å²) in [6, 6.07) is 17.4. The van der Waals surface area contributed by atoms with Crippen molar-refractivity contribution < 1.29 is 14.0 Å². The second kappa shape index (κ2) is 11.0. The molecule has 3 aromatic rings. The maximum Gasteiger partial charge on any atom is 0.326 e. The van der Waals surface area contributed by atoms with E-state index >= 15 is 0 Å². The molecule has 166 valence electrons. The first-order chi connectivity index (χ1) is 15.3. The third-order valence-electron chi connectivity index (χ3n) is 4.71. The average Bonchev–Trinajstić information content (AvgIpc) is 2.78. The molecule has 3 rings (SSSR count). The van der Waals surface area contributed by atoms with Crippen LogP contribution in [-0.4, -0.2) is 25.0 Å². The van der Waals surface area contributed by atoms with Gasteiger partial charge >= 0.3 is 6.03 Å². The van der Waals surface area contributed by atoms with E-state index in [4.69, 9.17) is 23.2 Å². The number of benzene rings is 3. The molecule has 0 saturated heterocycles. The number of halogens is 3. The summed E-state index contributed by atoms with van der Waals surface area (Å²) in [5, 5.41) is 6.32. The zero-order valence-corrected chi connectivity index (χ0v) is 18.9. The van der Waals surface area contributed by atoms with Crippen LogP contribution in [0.2, 0.25) is 10.0 Å². The van der Waals surface area contributed by atoms with Gasteiger partial charge in [-0.25, -0.2) is 9.18 Å². The van der Waals surface area contributed by atoms with Crippen LogP contribution in [0.4, 0.5) is 20.6 Å². The summed E-state index contributed by atoms with van der Waals surface area (Å²) in [6.07, 6.45) is 0.478. The molecule has 0 aromatic heterocycles. The summed E-state index contributed by atoms with van der Waals surface area (Å²) in [5.41, 5.74) is 2.68. The maximum atomic E-state index is 13.4. The molecule has 5 nitrogen and oxygen atoms in total. The Kier molecular flexibility index (Phi) is 8.09. The van der Waals surface area contributed by atoms with Gasteiger partial charge in [-0.1, -0.05) is 40.9 Å². The van der Waals surface area contributed by atoms with Gasteiger partial charge in [0.05, 0.1) is 10.0 Å². The van der Waals surface area contributed by atoms with E-state index in [9.17, 15) is 14.0 Å². The number of hydrogen-bond donors (Lipinski definition) is 2. The number of urea groups is 1. The minimum absolute atomic E-state index is 0.291. The van der Waals surface area contributed by atoms with E-state index in [1.54, 1.807) is 24.3 Å². The van der Waals surface area contributed by atoms with E-state index in [-0.39, 0.29) is 17.8 Å². The predicted octanol–water partition coefficient (Wildman–Crippen LogP) is 6.30. The summed E-state index contributed by atoms with van der Waals surface area (Å²) in [5.74, 6) is -0.678. The van der Waals surface area contributed by atoms with Gasteiger partial charge in [0.2, 0.25) is 0 Å². The molecule has 0 radical (unpaired) electrons. The van der Waals surface area contributed by atoms with Crippen LogP contribution in [0.15, 0.2) is 66.7 Å². The molecule has 3 aromatic carbocycles. The van der Waals surface area contributed by atoms with Gasteiger partial charge in [0.15, 0.2) is 0 Å². The molecule has 0 saturated carbocycles. The molecule has 0 heterocycles. The number of hydrogen-bond acceptors (Lipinski definition) is 2. The fourth-order valence-corrected chi connectivity index (χ4v) is 3.27. The number of amides is 3. The fourth-order valence-electron chi connectivity index (χ4n) is 2.98. The minimum Gasteiger partial charge on any atom is -0.352 e. The van der Waals surface area contributed by atoms with Gasteiger partial charge in [0.25, 0.3) is 5.91 Å².